The Morgan fingerprint density at radius 2 is 2.23 bits per heavy atom. The third kappa shape index (κ3) is 1.26. The van der Waals surface area contributed by atoms with E-state index in [1.165, 1.54) is 6.21 Å². The van der Waals surface area contributed by atoms with Crippen LogP contribution in [0.5, 0.6) is 5.75 Å². The topological polar surface area (TPSA) is 44.1 Å². The third-order valence-electron chi connectivity index (χ3n) is 2.03. The summed E-state index contributed by atoms with van der Waals surface area (Å²) in [5, 5.41) is 14.5. The normalized spacial score (nSPS) is 12.2. The van der Waals surface area contributed by atoms with Gasteiger partial charge in [0.2, 0.25) is 0 Å². The molecule has 2 aromatic rings. The van der Waals surface area contributed by atoms with Gasteiger partial charge in [-0.3, -0.25) is 0 Å². The van der Waals surface area contributed by atoms with Crippen LogP contribution in [0.2, 0.25) is 1.41 Å². The molecule has 0 saturated carbocycles. The number of hydrogen-bond acceptors (Lipinski definition) is 2. The summed E-state index contributed by atoms with van der Waals surface area (Å²) in [6.45, 7) is 0. The summed E-state index contributed by atoms with van der Waals surface area (Å²) in [6, 6.07) is 10.9. The highest BCUT2D eigenvalue weighted by molar-refractivity contribution is 5.93. The first-order chi connectivity index (χ1) is 6.81. The maximum absolute atomic E-state index is 9.57. The van der Waals surface area contributed by atoms with Gasteiger partial charge in [0.25, 0.3) is 0 Å². The number of phenolic OH excluding ortho intramolecular Hbond substituents is 1. The lowest BCUT2D eigenvalue weighted by Gasteiger charge is -2.00. The molecule has 0 aliphatic heterocycles. The molecule has 0 spiro atoms. The van der Waals surface area contributed by atoms with E-state index in [-0.39, 0.29) is 5.75 Å². The first-order valence-electron chi connectivity index (χ1n) is 4.45. The number of benzene rings is 2. The number of fused-ring (bicyclic) bond motifs is 1. The maximum atomic E-state index is 9.57. The highest BCUT2D eigenvalue weighted by atomic mass is 16.3. The first kappa shape index (κ1) is 6.66. The Labute approximate surface area is 77.4 Å². The number of nitrogens with one attached hydrogen (secondary N) is 1. The molecule has 0 aromatic heterocycles. The number of phenols is 1. The molecular weight excluding hydrogens is 162 g/mol. The SMILES string of the molecule is [2H]N=Cc1ccc2cccc(O)c2c1. The molecule has 0 atom stereocenters. The van der Waals surface area contributed by atoms with Crippen molar-refractivity contribution in [2.45, 2.75) is 0 Å². The van der Waals surface area contributed by atoms with Crippen LogP contribution in [0.1, 0.15) is 5.56 Å². The van der Waals surface area contributed by atoms with Crippen molar-refractivity contribution in [1.82, 2.24) is 0 Å². The molecule has 0 fully saturated rings. The Morgan fingerprint density at radius 3 is 3.08 bits per heavy atom. The van der Waals surface area contributed by atoms with Gasteiger partial charge in [0.15, 0.2) is 1.41 Å². The quantitative estimate of drug-likeness (QED) is 0.638. The molecule has 13 heavy (non-hydrogen) atoms. The Kier molecular flexibility index (Phi) is 1.49. The predicted molar refractivity (Wildman–Crippen MR) is 53.5 cm³/mol. The van der Waals surface area contributed by atoms with Crippen molar-refractivity contribution in [3.63, 3.8) is 0 Å². The van der Waals surface area contributed by atoms with Gasteiger partial charge in [-0.25, -0.2) is 0 Å². The van der Waals surface area contributed by atoms with Crippen molar-refractivity contribution < 1.29 is 6.52 Å². The number of rotatable bonds is 1. The van der Waals surface area contributed by atoms with Gasteiger partial charge in [-0.2, -0.15) is 0 Å². The minimum Gasteiger partial charge on any atom is -0.507 e. The van der Waals surface area contributed by atoms with Crippen LogP contribution >= 0.6 is 0 Å². The van der Waals surface area contributed by atoms with Gasteiger partial charge in [-0.05, 0) is 23.1 Å². The zero-order valence-electron chi connectivity index (χ0n) is 7.94. The van der Waals surface area contributed by atoms with E-state index < -0.39 is 0 Å². The first-order valence-corrected chi connectivity index (χ1v) is 4.00. The van der Waals surface area contributed by atoms with Gasteiger partial charge >= 0.3 is 0 Å². The van der Waals surface area contributed by atoms with E-state index in [0.29, 0.717) is 0 Å². The molecule has 0 aliphatic rings. The minimum atomic E-state index is 0.253. The summed E-state index contributed by atoms with van der Waals surface area (Å²) >= 11 is 0. The summed E-state index contributed by atoms with van der Waals surface area (Å²) in [5.41, 5.74) is 0.814. The molecule has 0 unspecified atom stereocenters. The second-order valence-electron chi connectivity index (χ2n) is 2.89. The van der Waals surface area contributed by atoms with E-state index in [9.17, 15) is 5.11 Å². The van der Waals surface area contributed by atoms with Crippen molar-refractivity contribution in [2.24, 2.45) is 0 Å². The lowest BCUT2D eigenvalue weighted by atomic mass is 10.1. The second-order valence-corrected chi connectivity index (χ2v) is 2.89. The van der Waals surface area contributed by atoms with Crippen LogP contribution < -0.4 is 0 Å². The smallest absolute Gasteiger partial charge is 0.187 e. The van der Waals surface area contributed by atoms with E-state index in [1.807, 2.05) is 24.3 Å². The van der Waals surface area contributed by atoms with E-state index >= 15 is 0 Å². The molecule has 0 bridgehead atoms. The van der Waals surface area contributed by atoms with Gasteiger partial charge in [-0.1, -0.05) is 24.3 Å². The summed E-state index contributed by atoms with van der Waals surface area (Å²) in [4.78, 5) is 0. The zero-order chi connectivity index (χ0) is 9.97. The Hall–Kier alpha value is -1.83. The molecule has 0 amide bonds. The van der Waals surface area contributed by atoms with Crippen molar-refractivity contribution in [3.8, 4) is 5.75 Å². The lowest BCUT2D eigenvalue weighted by Crippen LogP contribution is -1.80. The molecule has 2 rings (SSSR count). The highest BCUT2D eigenvalue weighted by Gasteiger charge is 1.98. The molecule has 64 valence electrons. The molecule has 0 aliphatic carbocycles. The van der Waals surface area contributed by atoms with Crippen LogP contribution in [0.25, 0.3) is 10.8 Å². The monoisotopic (exact) mass is 172 g/mol. The van der Waals surface area contributed by atoms with Gasteiger partial charge < -0.3 is 10.5 Å². The molecule has 0 heterocycles. The maximum Gasteiger partial charge on any atom is 0.187 e. The van der Waals surface area contributed by atoms with Crippen molar-refractivity contribution in [2.75, 3.05) is 0 Å². The van der Waals surface area contributed by atoms with Gasteiger partial charge in [0.05, 0.1) is 0 Å². The van der Waals surface area contributed by atoms with Gasteiger partial charge in [0, 0.05) is 11.6 Å². The van der Waals surface area contributed by atoms with Crippen molar-refractivity contribution in [1.29, 1.82) is 5.40 Å². The standard InChI is InChI=1S/C11H9NO/c12-7-8-4-5-9-2-1-3-11(13)10(9)6-8/h1-7,12-13H/i/hD. The predicted octanol–water partition coefficient (Wildman–Crippen LogP) is 2.54. The summed E-state index contributed by atoms with van der Waals surface area (Å²) in [5.74, 6) is 0.253. The van der Waals surface area contributed by atoms with Gasteiger partial charge in [0.1, 0.15) is 5.75 Å². The van der Waals surface area contributed by atoms with Crippen LogP contribution in [0, 0.1) is 5.40 Å². The summed E-state index contributed by atoms with van der Waals surface area (Å²) < 4.78 is 6.71. The summed E-state index contributed by atoms with van der Waals surface area (Å²) in [6.07, 6.45) is 1.44. The van der Waals surface area contributed by atoms with Crippen LogP contribution in [-0.2, 0) is 0 Å². The van der Waals surface area contributed by atoms with E-state index in [1.54, 1.807) is 12.1 Å². The van der Waals surface area contributed by atoms with Crippen LogP contribution in [0.3, 0.4) is 0 Å². The van der Waals surface area contributed by atoms with E-state index in [4.69, 9.17) is 1.41 Å². The molecule has 2 heteroatoms. The van der Waals surface area contributed by atoms with E-state index in [0.717, 1.165) is 16.3 Å². The highest BCUT2D eigenvalue weighted by Crippen LogP contribution is 2.24. The van der Waals surface area contributed by atoms with Crippen LogP contribution in [-0.4, -0.2) is 11.3 Å². The largest absolute Gasteiger partial charge is 0.507 e. The number of aromatic hydroxyl groups is 1. The Morgan fingerprint density at radius 1 is 1.31 bits per heavy atom. The molecule has 2 aromatic carbocycles. The Bertz CT molecular complexity index is 494. The molecule has 0 saturated heterocycles. The average molecular weight is 172 g/mol. The third-order valence-corrected chi connectivity index (χ3v) is 2.03. The van der Waals surface area contributed by atoms with E-state index in [2.05, 4.69) is 5.40 Å². The fourth-order valence-electron chi connectivity index (χ4n) is 1.35. The number of hydrogen-bond donors (Lipinski definition) is 2. The van der Waals surface area contributed by atoms with Crippen molar-refractivity contribution >= 4 is 17.0 Å². The average Bonchev–Trinajstić information content (AvgIpc) is 2.20. The second kappa shape index (κ2) is 2.90. The summed E-state index contributed by atoms with van der Waals surface area (Å²) in [7, 11) is 0. The Balaban J connectivity index is 2.69. The molecule has 0 radical (unpaired) electrons. The zero-order valence-corrected chi connectivity index (χ0v) is 6.94. The fraction of sp³-hybridized carbons (Fsp3) is 0. The molecular formula is C11H9NO. The van der Waals surface area contributed by atoms with Crippen LogP contribution in [0.15, 0.2) is 36.4 Å². The molecule has 2 nitrogen and oxygen atoms in total. The fourth-order valence-corrected chi connectivity index (χ4v) is 1.35. The van der Waals surface area contributed by atoms with Gasteiger partial charge in [-0.15, -0.1) is 0 Å². The minimum absolute atomic E-state index is 0.253. The van der Waals surface area contributed by atoms with Crippen LogP contribution in [0.4, 0.5) is 0 Å². The van der Waals surface area contributed by atoms with Crippen molar-refractivity contribution in [3.05, 3.63) is 42.0 Å². The molecule has 2 N–H and O–H groups in total. The lowest BCUT2D eigenvalue weighted by molar-refractivity contribution is 0.481.